The Bertz CT molecular complexity index is 701. The molecule has 0 amide bonds. The fraction of sp³-hybridized carbons (Fsp3) is 0.333. The zero-order valence-corrected chi connectivity index (χ0v) is 11.9. The number of likely N-dealkylation sites (N-methyl/N-ethyl adjacent to an activating group) is 1. The van der Waals surface area contributed by atoms with Crippen LogP contribution in [0.15, 0.2) is 24.4 Å². The maximum atomic E-state index is 11.2. The van der Waals surface area contributed by atoms with Gasteiger partial charge in [-0.05, 0) is 30.5 Å². The molecule has 1 atom stereocenters. The van der Waals surface area contributed by atoms with Crippen molar-refractivity contribution in [3.63, 3.8) is 0 Å². The summed E-state index contributed by atoms with van der Waals surface area (Å²) in [6.07, 6.45) is 1.67. The van der Waals surface area contributed by atoms with Crippen molar-refractivity contribution in [3.8, 4) is 11.5 Å². The first-order valence-electron chi connectivity index (χ1n) is 6.72. The van der Waals surface area contributed by atoms with Crippen molar-refractivity contribution in [3.05, 3.63) is 24.4 Å². The number of fused-ring (bicyclic) bond motifs is 2. The summed E-state index contributed by atoms with van der Waals surface area (Å²) in [5.74, 6) is 1.09. The van der Waals surface area contributed by atoms with E-state index >= 15 is 0 Å². The Morgan fingerprint density at radius 1 is 1.33 bits per heavy atom. The molecule has 6 heteroatoms. The molecule has 2 heterocycles. The van der Waals surface area contributed by atoms with Gasteiger partial charge in [0, 0.05) is 18.6 Å². The smallest absolute Gasteiger partial charge is 0.326 e. The number of hydrogen-bond donors (Lipinski definition) is 1. The Morgan fingerprint density at radius 2 is 2.00 bits per heavy atom. The van der Waals surface area contributed by atoms with Crippen molar-refractivity contribution in [2.75, 3.05) is 25.2 Å². The molecule has 0 radical (unpaired) electrons. The summed E-state index contributed by atoms with van der Waals surface area (Å²) >= 11 is 0. The van der Waals surface area contributed by atoms with Gasteiger partial charge in [0.05, 0.1) is 0 Å². The number of ether oxygens (including phenoxy) is 2. The van der Waals surface area contributed by atoms with E-state index in [0.717, 1.165) is 10.8 Å². The summed E-state index contributed by atoms with van der Waals surface area (Å²) in [6.45, 7) is 2.67. The van der Waals surface area contributed by atoms with Crippen LogP contribution >= 0.6 is 0 Å². The van der Waals surface area contributed by atoms with E-state index in [0.29, 0.717) is 30.5 Å². The van der Waals surface area contributed by atoms with Gasteiger partial charge >= 0.3 is 5.97 Å². The van der Waals surface area contributed by atoms with Crippen molar-refractivity contribution >= 4 is 22.6 Å². The van der Waals surface area contributed by atoms with Crippen molar-refractivity contribution in [2.45, 2.75) is 13.0 Å². The van der Waals surface area contributed by atoms with Gasteiger partial charge < -0.3 is 19.5 Å². The number of aliphatic carboxylic acids is 1. The van der Waals surface area contributed by atoms with Crippen molar-refractivity contribution in [2.24, 2.45) is 0 Å². The normalized spacial score (nSPS) is 14.8. The zero-order chi connectivity index (χ0) is 15.0. The molecule has 6 nitrogen and oxygen atoms in total. The maximum absolute atomic E-state index is 11.2. The van der Waals surface area contributed by atoms with Crippen LogP contribution in [-0.2, 0) is 4.79 Å². The van der Waals surface area contributed by atoms with Gasteiger partial charge in [-0.25, -0.2) is 9.78 Å². The van der Waals surface area contributed by atoms with Crippen LogP contribution in [0.2, 0.25) is 0 Å². The van der Waals surface area contributed by atoms with E-state index in [1.54, 1.807) is 25.1 Å². The Morgan fingerprint density at radius 3 is 2.67 bits per heavy atom. The molecule has 0 bridgehead atoms. The number of rotatable bonds is 3. The molecule has 0 aliphatic carbocycles. The van der Waals surface area contributed by atoms with E-state index in [2.05, 4.69) is 4.98 Å². The number of anilines is 1. The van der Waals surface area contributed by atoms with Crippen LogP contribution in [0, 0.1) is 0 Å². The lowest BCUT2D eigenvalue weighted by Gasteiger charge is -2.25. The second-order valence-corrected chi connectivity index (χ2v) is 4.98. The number of carboxylic acids is 1. The lowest BCUT2D eigenvalue weighted by Crippen LogP contribution is -2.36. The predicted molar refractivity (Wildman–Crippen MR) is 78.2 cm³/mol. The van der Waals surface area contributed by atoms with E-state index in [9.17, 15) is 4.79 Å². The summed E-state index contributed by atoms with van der Waals surface area (Å²) in [7, 11) is 1.72. The molecule has 1 aliphatic heterocycles. The SMILES string of the molecule is CC(C(=O)O)N(C)c1nccc2cc3c(cc12)OCCO3. The highest BCUT2D eigenvalue weighted by molar-refractivity contribution is 5.95. The molecule has 0 fully saturated rings. The molecule has 1 unspecified atom stereocenters. The average Bonchev–Trinajstić information content (AvgIpc) is 2.50. The van der Waals surface area contributed by atoms with Gasteiger partial charge in [-0.1, -0.05) is 0 Å². The van der Waals surface area contributed by atoms with Crippen LogP contribution in [0.5, 0.6) is 11.5 Å². The molecular weight excluding hydrogens is 272 g/mol. The van der Waals surface area contributed by atoms with Crippen LogP contribution in [0.3, 0.4) is 0 Å². The summed E-state index contributed by atoms with van der Waals surface area (Å²) in [5, 5.41) is 10.9. The molecule has 2 aromatic rings. The fourth-order valence-corrected chi connectivity index (χ4v) is 2.32. The van der Waals surface area contributed by atoms with Crippen LogP contribution < -0.4 is 14.4 Å². The molecular formula is C15H16N2O4. The van der Waals surface area contributed by atoms with Gasteiger partial charge in [-0.2, -0.15) is 0 Å². The molecule has 3 rings (SSSR count). The van der Waals surface area contributed by atoms with Gasteiger partial charge in [-0.15, -0.1) is 0 Å². The second-order valence-electron chi connectivity index (χ2n) is 4.98. The van der Waals surface area contributed by atoms with E-state index < -0.39 is 12.0 Å². The molecule has 0 saturated heterocycles. The molecule has 21 heavy (non-hydrogen) atoms. The monoisotopic (exact) mass is 288 g/mol. The number of pyridine rings is 1. The topological polar surface area (TPSA) is 71.9 Å². The number of hydrogen-bond acceptors (Lipinski definition) is 5. The third kappa shape index (κ3) is 2.33. The number of carboxylic acid groups (broad SMARTS) is 1. The highest BCUT2D eigenvalue weighted by Gasteiger charge is 2.21. The number of nitrogens with zero attached hydrogens (tertiary/aromatic N) is 2. The summed E-state index contributed by atoms with van der Waals surface area (Å²) in [6, 6.07) is 4.96. The van der Waals surface area contributed by atoms with Crippen molar-refractivity contribution in [1.82, 2.24) is 4.98 Å². The Labute approximate surface area is 121 Å². The van der Waals surface area contributed by atoms with E-state index in [1.807, 2.05) is 18.2 Å². The third-order valence-corrected chi connectivity index (χ3v) is 3.68. The average molecular weight is 288 g/mol. The van der Waals surface area contributed by atoms with Gasteiger partial charge in [0.2, 0.25) is 0 Å². The van der Waals surface area contributed by atoms with Crippen LogP contribution in [0.1, 0.15) is 6.92 Å². The third-order valence-electron chi connectivity index (χ3n) is 3.68. The molecule has 0 saturated carbocycles. The van der Waals surface area contributed by atoms with Gasteiger partial charge in [-0.3, -0.25) is 0 Å². The Kier molecular flexibility index (Phi) is 3.29. The Balaban J connectivity index is 2.13. The fourth-order valence-electron chi connectivity index (χ4n) is 2.32. The Hall–Kier alpha value is -2.50. The number of carbonyl (C=O) groups is 1. The second kappa shape index (κ2) is 5.12. The molecule has 1 aromatic heterocycles. The summed E-state index contributed by atoms with van der Waals surface area (Å²) < 4.78 is 11.2. The minimum atomic E-state index is -0.895. The first-order chi connectivity index (χ1) is 10.1. The largest absolute Gasteiger partial charge is 0.486 e. The van der Waals surface area contributed by atoms with E-state index in [-0.39, 0.29) is 0 Å². The van der Waals surface area contributed by atoms with Crippen LogP contribution in [0.4, 0.5) is 5.82 Å². The molecule has 0 spiro atoms. The van der Waals surface area contributed by atoms with E-state index in [4.69, 9.17) is 14.6 Å². The minimum absolute atomic E-state index is 0.509. The van der Waals surface area contributed by atoms with Crippen LogP contribution in [-0.4, -0.2) is 42.4 Å². The molecule has 1 aromatic carbocycles. The van der Waals surface area contributed by atoms with E-state index in [1.165, 1.54) is 0 Å². The summed E-state index contributed by atoms with van der Waals surface area (Å²) in [4.78, 5) is 17.1. The van der Waals surface area contributed by atoms with Crippen molar-refractivity contribution < 1.29 is 19.4 Å². The minimum Gasteiger partial charge on any atom is -0.486 e. The lowest BCUT2D eigenvalue weighted by molar-refractivity contribution is -0.138. The highest BCUT2D eigenvalue weighted by Crippen LogP contribution is 2.37. The first kappa shape index (κ1) is 13.5. The maximum Gasteiger partial charge on any atom is 0.326 e. The quantitative estimate of drug-likeness (QED) is 0.930. The molecule has 110 valence electrons. The van der Waals surface area contributed by atoms with Crippen molar-refractivity contribution in [1.29, 1.82) is 0 Å². The number of aromatic nitrogens is 1. The molecule has 1 aliphatic rings. The first-order valence-corrected chi connectivity index (χ1v) is 6.72. The van der Waals surface area contributed by atoms with Crippen LogP contribution in [0.25, 0.3) is 10.8 Å². The lowest BCUT2D eigenvalue weighted by atomic mass is 10.1. The highest BCUT2D eigenvalue weighted by atomic mass is 16.6. The van der Waals surface area contributed by atoms with Gasteiger partial charge in [0.1, 0.15) is 25.1 Å². The van der Waals surface area contributed by atoms with Gasteiger partial charge in [0.25, 0.3) is 0 Å². The number of benzene rings is 1. The van der Waals surface area contributed by atoms with Gasteiger partial charge in [0.15, 0.2) is 11.5 Å². The zero-order valence-electron chi connectivity index (χ0n) is 11.9. The predicted octanol–water partition coefficient (Wildman–Crippen LogP) is 1.92. The standard InChI is InChI=1S/C15H16N2O4/c1-9(15(18)19)17(2)14-11-8-13-12(20-5-6-21-13)7-10(11)3-4-16-14/h3-4,7-9H,5-6H2,1-2H3,(H,18,19). The summed E-state index contributed by atoms with van der Waals surface area (Å²) in [5.41, 5.74) is 0. The molecule has 1 N–H and O–H groups in total.